The average Bonchev–Trinajstić information content (AvgIpc) is 3.18. The van der Waals surface area contributed by atoms with Gasteiger partial charge in [-0.25, -0.2) is 9.97 Å². The molecule has 24 heavy (non-hydrogen) atoms. The topological polar surface area (TPSA) is 72.2 Å². The van der Waals surface area contributed by atoms with Gasteiger partial charge in [-0.3, -0.25) is 0 Å². The Labute approximate surface area is 139 Å². The molecule has 1 fully saturated rings. The minimum atomic E-state index is 0.122. The number of hydrogen-bond donors (Lipinski definition) is 2. The van der Waals surface area contributed by atoms with Gasteiger partial charge >= 0.3 is 0 Å². The molecule has 1 aromatic carbocycles. The van der Waals surface area contributed by atoms with Crippen LogP contribution in [0.15, 0.2) is 59.5 Å². The molecule has 0 aliphatic carbocycles. The molecule has 3 aromatic rings. The highest BCUT2D eigenvalue weighted by Crippen LogP contribution is 2.23. The number of benzene rings is 1. The Morgan fingerprint density at radius 3 is 2.58 bits per heavy atom. The van der Waals surface area contributed by atoms with Crippen LogP contribution in [-0.2, 0) is 4.74 Å². The third-order valence-electron chi connectivity index (χ3n) is 3.92. The third kappa shape index (κ3) is 3.29. The van der Waals surface area contributed by atoms with Crippen LogP contribution in [-0.4, -0.2) is 29.7 Å². The Kier molecular flexibility index (Phi) is 4.22. The maximum atomic E-state index is 5.75. The van der Waals surface area contributed by atoms with Gasteiger partial charge in [0.05, 0.1) is 24.5 Å². The van der Waals surface area contributed by atoms with Gasteiger partial charge in [-0.2, -0.15) is 0 Å². The summed E-state index contributed by atoms with van der Waals surface area (Å²) >= 11 is 0. The standard InChI is InChI=1S/C18H18N4O2/c1-2-16(23-8-1)14-10-20-18(21-11-14)22-15-5-3-13(4-6-15)17-12-19-7-9-24-17/h1-6,8,10-11,17,19H,7,9,12H2,(H,20,21,22)/t17-/m0/s1. The molecule has 0 radical (unpaired) electrons. The molecule has 2 N–H and O–H groups in total. The Morgan fingerprint density at radius 1 is 1.08 bits per heavy atom. The van der Waals surface area contributed by atoms with Crippen LogP contribution in [0.3, 0.4) is 0 Å². The lowest BCUT2D eigenvalue weighted by atomic mass is 10.1. The van der Waals surface area contributed by atoms with E-state index < -0.39 is 0 Å². The van der Waals surface area contributed by atoms with Crippen LogP contribution in [0.2, 0.25) is 0 Å². The second kappa shape index (κ2) is 6.82. The van der Waals surface area contributed by atoms with E-state index in [1.54, 1.807) is 18.7 Å². The molecule has 1 aliphatic rings. The molecule has 0 bridgehead atoms. The van der Waals surface area contributed by atoms with Crippen molar-refractivity contribution in [3.8, 4) is 11.3 Å². The summed E-state index contributed by atoms with van der Waals surface area (Å²) in [4.78, 5) is 8.65. The van der Waals surface area contributed by atoms with E-state index in [-0.39, 0.29) is 6.10 Å². The van der Waals surface area contributed by atoms with Crippen LogP contribution in [0.25, 0.3) is 11.3 Å². The van der Waals surface area contributed by atoms with Crippen molar-refractivity contribution in [3.05, 3.63) is 60.6 Å². The molecular formula is C18H18N4O2. The number of furan rings is 1. The lowest BCUT2D eigenvalue weighted by Crippen LogP contribution is -2.33. The Morgan fingerprint density at radius 2 is 1.92 bits per heavy atom. The zero-order valence-electron chi connectivity index (χ0n) is 13.1. The van der Waals surface area contributed by atoms with E-state index >= 15 is 0 Å². The Balaban J connectivity index is 1.43. The molecule has 1 aliphatic heterocycles. The number of morpholine rings is 1. The van der Waals surface area contributed by atoms with Gasteiger partial charge in [-0.05, 0) is 29.8 Å². The van der Waals surface area contributed by atoms with Gasteiger partial charge in [0.2, 0.25) is 5.95 Å². The second-order valence-corrected chi connectivity index (χ2v) is 5.58. The van der Waals surface area contributed by atoms with Crippen molar-refractivity contribution in [3.63, 3.8) is 0 Å². The molecule has 1 atom stereocenters. The van der Waals surface area contributed by atoms with Crippen molar-refractivity contribution >= 4 is 11.6 Å². The van der Waals surface area contributed by atoms with E-state index in [2.05, 4.69) is 32.7 Å². The van der Waals surface area contributed by atoms with Gasteiger partial charge in [0, 0.05) is 31.2 Å². The predicted octanol–water partition coefficient (Wildman–Crippen LogP) is 3.14. The number of ether oxygens (including phenoxy) is 1. The first-order chi connectivity index (χ1) is 11.9. The van der Waals surface area contributed by atoms with Crippen molar-refractivity contribution in [2.45, 2.75) is 6.10 Å². The highest BCUT2D eigenvalue weighted by atomic mass is 16.5. The Hall–Kier alpha value is -2.70. The number of nitrogens with zero attached hydrogens (tertiary/aromatic N) is 2. The molecule has 0 unspecified atom stereocenters. The van der Waals surface area contributed by atoms with Crippen molar-refractivity contribution in [2.75, 3.05) is 25.0 Å². The van der Waals surface area contributed by atoms with Crippen LogP contribution >= 0.6 is 0 Å². The first kappa shape index (κ1) is 14.9. The average molecular weight is 322 g/mol. The number of rotatable bonds is 4. The van der Waals surface area contributed by atoms with Gasteiger partial charge in [0.25, 0.3) is 0 Å². The molecule has 3 heterocycles. The van der Waals surface area contributed by atoms with Gasteiger partial charge in [-0.15, -0.1) is 0 Å². The minimum Gasteiger partial charge on any atom is -0.464 e. The summed E-state index contributed by atoms with van der Waals surface area (Å²) in [5.41, 5.74) is 2.96. The smallest absolute Gasteiger partial charge is 0.227 e. The summed E-state index contributed by atoms with van der Waals surface area (Å²) in [6, 6.07) is 11.9. The molecule has 6 heteroatoms. The molecule has 0 amide bonds. The van der Waals surface area contributed by atoms with Crippen LogP contribution in [0.5, 0.6) is 0 Å². The lowest BCUT2D eigenvalue weighted by molar-refractivity contribution is 0.0277. The van der Waals surface area contributed by atoms with Crippen LogP contribution < -0.4 is 10.6 Å². The van der Waals surface area contributed by atoms with Crippen LogP contribution in [0.1, 0.15) is 11.7 Å². The summed E-state index contributed by atoms with van der Waals surface area (Å²) in [6.45, 7) is 2.52. The second-order valence-electron chi connectivity index (χ2n) is 5.58. The lowest BCUT2D eigenvalue weighted by Gasteiger charge is -2.24. The molecule has 122 valence electrons. The monoisotopic (exact) mass is 322 g/mol. The zero-order valence-corrected chi connectivity index (χ0v) is 13.1. The molecule has 4 rings (SSSR count). The SMILES string of the molecule is c1coc(-c2cnc(Nc3ccc([C@@H]4CNCCO4)cc3)nc2)c1. The van der Waals surface area contributed by atoms with Crippen molar-refractivity contribution in [2.24, 2.45) is 0 Å². The molecule has 2 aromatic heterocycles. The maximum absolute atomic E-state index is 5.75. The van der Waals surface area contributed by atoms with Crippen molar-refractivity contribution < 1.29 is 9.15 Å². The summed E-state index contributed by atoms with van der Waals surface area (Å²) in [5.74, 6) is 1.31. The van der Waals surface area contributed by atoms with Gasteiger partial charge in [-0.1, -0.05) is 12.1 Å². The van der Waals surface area contributed by atoms with Crippen molar-refractivity contribution in [1.29, 1.82) is 0 Å². The molecule has 0 spiro atoms. The van der Waals surface area contributed by atoms with E-state index in [0.717, 1.165) is 36.7 Å². The fraction of sp³-hybridized carbons (Fsp3) is 0.222. The molecular weight excluding hydrogens is 304 g/mol. The van der Waals surface area contributed by atoms with E-state index in [4.69, 9.17) is 9.15 Å². The maximum Gasteiger partial charge on any atom is 0.227 e. The number of hydrogen-bond acceptors (Lipinski definition) is 6. The quantitative estimate of drug-likeness (QED) is 0.769. The van der Waals surface area contributed by atoms with Gasteiger partial charge < -0.3 is 19.8 Å². The van der Waals surface area contributed by atoms with E-state index in [1.807, 2.05) is 24.3 Å². The van der Waals surface area contributed by atoms with E-state index in [0.29, 0.717) is 5.95 Å². The van der Waals surface area contributed by atoms with E-state index in [1.165, 1.54) is 5.56 Å². The minimum absolute atomic E-state index is 0.122. The highest BCUT2D eigenvalue weighted by Gasteiger charge is 2.15. The van der Waals surface area contributed by atoms with Crippen molar-refractivity contribution in [1.82, 2.24) is 15.3 Å². The Bertz CT molecular complexity index is 764. The summed E-state index contributed by atoms with van der Waals surface area (Å²) < 4.78 is 11.1. The highest BCUT2D eigenvalue weighted by molar-refractivity contribution is 5.58. The fourth-order valence-electron chi connectivity index (χ4n) is 2.65. The number of nitrogens with one attached hydrogen (secondary N) is 2. The summed E-state index contributed by atoms with van der Waals surface area (Å²) in [7, 11) is 0. The van der Waals surface area contributed by atoms with Gasteiger partial charge in [0.15, 0.2) is 0 Å². The summed E-state index contributed by atoms with van der Waals surface area (Å²) in [6.07, 6.45) is 5.24. The molecule has 6 nitrogen and oxygen atoms in total. The fourth-order valence-corrected chi connectivity index (χ4v) is 2.65. The van der Waals surface area contributed by atoms with E-state index in [9.17, 15) is 0 Å². The normalized spacial score (nSPS) is 17.6. The zero-order chi connectivity index (χ0) is 16.2. The first-order valence-corrected chi connectivity index (χ1v) is 7.94. The third-order valence-corrected chi connectivity index (χ3v) is 3.92. The molecule has 0 saturated carbocycles. The van der Waals surface area contributed by atoms with Crippen LogP contribution in [0, 0.1) is 0 Å². The largest absolute Gasteiger partial charge is 0.464 e. The van der Waals surface area contributed by atoms with Crippen LogP contribution in [0.4, 0.5) is 11.6 Å². The van der Waals surface area contributed by atoms with Gasteiger partial charge in [0.1, 0.15) is 5.76 Å². The molecule has 1 saturated heterocycles. The summed E-state index contributed by atoms with van der Waals surface area (Å²) in [5, 5.41) is 6.53. The number of anilines is 2. The predicted molar refractivity (Wildman–Crippen MR) is 91.0 cm³/mol. The number of aromatic nitrogens is 2. The first-order valence-electron chi connectivity index (χ1n) is 7.94.